The highest BCUT2D eigenvalue weighted by atomic mass is 31.2. The summed E-state index contributed by atoms with van der Waals surface area (Å²) in [4.78, 5) is 38.2. The molecule has 0 aliphatic carbocycles. The van der Waals surface area contributed by atoms with Gasteiger partial charge in [-0.05, 0) is 19.1 Å². The van der Waals surface area contributed by atoms with E-state index in [9.17, 15) is 9.13 Å². The van der Waals surface area contributed by atoms with Gasteiger partial charge in [-0.3, -0.25) is 9.13 Å². The molecule has 0 amide bonds. The zero-order valence-corrected chi connectivity index (χ0v) is 10.6. The number of aromatic nitrogens is 1. The Morgan fingerprint density at radius 1 is 1.24 bits per heavy atom. The monoisotopic (exact) mass is 283 g/mol. The van der Waals surface area contributed by atoms with Crippen LogP contribution in [0.4, 0.5) is 5.82 Å². The van der Waals surface area contributed by atoms with Crippen molar-refractivity contribution in [1.82, 2.24) is 0 Å². The van der Waals surface area contributed by atoms with Crippen LogP contribution in [0.2, 0.25) is 0 Å². The van der Waals surface area contributed by atoms with Gasteiger partial charge in [0.25, 0.3) is 11.3 Å². The molecule has 1 aromatic rings. The Bertz CT molecular complexity index is 473. The topological polar surface area (TPSA) is 141 Å². The van der Waals surface area contributed by atoms with Crippen LogP contribution in [0, 0.1) is 6.92 Å². The lowest BCUT2D eigenvalue weighted by molar-refractivity contribution is -0.361. The van der Waals surface area contributed by atoms with E-state index in [1.807, 2.05) is 0 Å². The second kappa shape index (κ2) is 4.86. The van der Waals surface area contributed by atoms with E-state index in [1.54, 1.807) is 19.1 Å². The second-order valence-corrected chi connectivity index (χ2v) is 7.22. The predicted octanol–water partition coefficient (Wildman–Crippen LogP) is -0.140. The van der Waals surface area contributed by atoms with Gasteiger partial charge in [-0.15, -0.1) is 0 Å². The van der Waals surface area contributed by atoms with E-state index in [1.165, 1.54) is 6.20 Å². The number of anilines is 1. The third kappa shape index (κ3) is 3.89. The summed E-state index contributed by atoms with van der Waals surface area (Å²) in [6, 6.07) is 3.26. The number of hydrogen-bond donors (Lipinski definition) is 5. The summed E-state index contributed by atoms with van der Waals surface area (Å²) in [7, 11) is -9.95. The van der Waals surface area contributed by atoms with Crippen molar-refractivity contribution in [2.24, 2.45) is 0 Å². The average molecular weight is 283 g/mol. The van der Waals surface area contributed by atoms with E-state index in [0.717, 1.165) is 0 Å². The molecule has 1 heterocycles. The van der Waals surface area contributed by atoms with Gasteiger partial charge < -0.3 is 19.6 Å². The molecule has 1 rings (SSSR count). The SMILES string of the molecule is Cc1ccc[nH+]c1NC(P(=O)(O)O)P(=O)(O)O. The summed E-state index contributed by atoms with van der Waals surface area (Å²) >= 11 is 0. The molecule has 96 valence electrons. The summed E-state index contributed by atoms with van der Waals surface area (Å²) in [5.74, 6) is 0.143. The van der Waals surface area contributed by atoms with Gasteiger partial charge in [0.2, 0.25) is 0 Å². The molecule has 0 atom stereocenters. The minimum Gasteiger partial charge on any atom is -0.321 e. The zero-order chi connectivity index (χ0) is 13.3. The van der Waals surface area contributed by atoms with E-state index in [4.69, 9.17) is 19.6 Å². The van der Waals surface area contributed by atoms with Crippen molar-refractivity contribution in [3.05, 3.63) is 23.9 Å². The van der Waals surface area contributed by atoms with E-state index in [2.05, 4.69) is 10.3 Å². The predicted molar refractivity (Wildman–Crippen MR) is 59.2 cm³/mol. The molecule has 0 fully saturated rings. The fourth-order valence-corrected chi connectivity index (χ4v) is 3.33. The number of rotatable bonds is 4. The lowest BCUT2D eigenvalue weighted by Gasteiger charge is -2.17. The van der Waals surface area contributed by atoms with Gasteiger partial charge in [0.15, 0.2) is 0 Å². The standard InChI is InChI=1S/C7H12N2O6P2/c1-5-3-2-4-8-6(5)9-7(16(10,11)12)17(13,14)15/h2-4,7H,1H3,(H,8,9)(H2,10,11,12)(H2,13,14,15)/p+1. The Kier molecular flexibility index (Phi) is 4.09. The van der Waals surface area contributed by atoms with E-state index in [0.29, 0.717) is 5.56 Å². The van der Waals surface area contributed by atoms with Gasteiger partial charge >= 0.3 is 15.2 Å². The smallest absolute Gasteiger partial charge is 0.321 e. The Hall–Kier alpha value is -0.750. The summed E-state index contributed by atoms with van der Waals surface area (Å²) < 4.78 is 22.0. The van der Waals surface area contributed by atoms with Crippen LogP contribution in [0.1, 0.15) is 5.56 Å². The Balaban J connectivity index is 3.09. The molecule has 0 radical (unpaired) electrons. The van der Waals surface area contributed by atoms with Gasteiger partial charge in [-0.25, -0.2) is 10.3 Å². The van der Waals surface area contributed by atoms with Crippen LogP contribution in [0.15, 0.2) is 18.3 Å². The molecule has 17 heavy (non-hydrogen) atoms. The molecule has 8 nitrogen and oxygen atoms in total. The number of hydrogen-bond acceptors (Lipinski definition) is 3. The summed E-state index contributed by atoms with van der Waals surface area (Å²) in [6.45, 7) is 1.62. The quantitative estimate of drug-likeness (QED) is 0.484. The molecular weight excluding hydrogens is 270 g/mol. The molecule has 0 aliphatic rings. The van der Waals surface area contributed by atoms with E-state index in [-0.39, 0.29) is 5.82 Å². The third-order valence-corrected chi connectivity index (χ3v) is 5.31. The Morgan fingerprint density at radius 2 is 1.76 bits per heavy atom. The van der Waals surface area contributed by atoms with Crippen LogP contribution in [0.5, 0.6) is 0 Å². The maximum atomic E-state index is 11.0. The Morgan fingerprint density at radius 3 is 2.18 bits per heavy atom. The fourth-order valence-electron chi connectivity index (χ4n) is 1.17. The minimum atomic E-state index is -4.98. The molecule has 0 bridgehead atoms. The zero-order valence-electron chi connectivity index (χ0n) is 8.81. The first-order valence-corrected chi connectivity index (χ1v) is 7.83. The summed E-state index contributed by atoms with van der Waals surface area (Å²) in [5, 5.41) is 2.15. The van der Waals surface area contributed by atoms with Crippen molar-refractivity contribution < 1.29 is 33.7 Å². The van der Waals surface area contributed by atoms with Crippen molar-refractivity contribution in [2.45, 2.75) is 12.4 Å². The van der Waals surface area contributed by atoms with Gasteiger partial charge in [0.05, 0.1) is 6.20 Å². The average Bonchev–Trinajstić information content (AvgIpc) is 2.12. The van der Waals surface area contributed by atoms with Gasteiger partial charge in [0.1, 0.15) is 0 Å². The molecule has 1 aromatic heterocycles. The highest BCUT2D eigenvalue weighted by molar-refractivity contribution is 7.71. The minimum absolute atomic E-state index is 0.143. The van der Waals surface area contributed by atoms with Crippen LogP contribution in [0.3, 0.4) is 0 Å². The number of H-pyrrole nitrogens is 1. The normalized spacial score (nSPS) is 12.8. The van der Waals surface area contributed by atoms with Crippen LogP contribution >= 0.6 is 15.2 Å². The summed E-state index contributed by atoms with van der Waals surface area (Å²) in [6.07, 6.45) is 1.46. The molecule has 0 aromatic carbocycles. The highest BCUT2D eigenvalue weighted by Crippen LogP contribution is 2.59. The fraction of sp³-hybridized carbons (Fsp3) is 0.286. The number of pyridine rings is 1. The van der Waals surface area contributed by atoms with Gasteiger partial charge in [-0.1, -0.05) is 0 Å². The first-order valence-electron chi connectivity index (χ1n) is 4.46. The van der Waals surface area contributed by atoms with Gasteiger partial charge in [0, 0.05) is 5.56 Å². The largest absolute Gasteiger partial charge is 0.382 e. The first-order chi connectivity index (χ1) is 7.62. The highest BCUT2D eigenvalue weighted by Gasteiger charge is 2.47. The molecular formula is C7H13N2O6P2+. The summed E-state index contributed by atoms with van der Waals surface area (Å²) in [5.41, 5.74) is -1.69. The number of aromatic amines is 1. The third-order valence-electron chi connectivity index (χ3n) is 1.98. The first kappa shape index (κ1) is 14.3. The molecule has 0 aliphatic heterocycles. The van der Waals surface area contributed by atoms with E-state index < -0.39 is 20.7 Å². The molecule has 0 spiro atoms. The van der Waals surface area contributed by atoms with Crippen LogP contribution in [0.25, 0.3) is 0 Å². The van der Waals surface area contributed by atoms with Gasteiger partial charge in [-0.2, -0.15) is 0 Å². The van der Waals surface area contributed by atoms with Crippen LogP contribution in [-0.4, -0.2) is 25.1 Å². The molecule has 6 N–H and O–H groups in total. The Labute approximate surface area is 97.0 Å². The van der Waals surface area contributed by atoms with Crippen molar-refractivity contribution in [1.29, 1.82) is 0 Å². The lowest BCUT2D eigenvalue weighted by atomic mass is 10.3. The number of aryl methyl sites for hydroxylation is 1. The molecule has 0 unspecified atom stereocenters. The maximum Gasteiger partial charge on any atom is 0.382 e. The van der Waals surface area contributed by atoms with Crippen molar-refractivity contribution in [3.63, 3.8) is 0 Å². The van der Waals surface area contributed by atoms with Crippen molar-refractivity contribution in [3.8, 4) is 0 Å². The molecule has 10 heteroatoms. The maximum absolute atomic E-state index is 11.0. The number of nitrogens with one attached hydrogen (secondary N) is 2. The molecule has 0 saturated heterocycles. The van der Waals surface area contributed by atoms with Crippen molar-refractivity contribution >= 4 is 21.0 Å². The van der Waals surface area contributed by atoms with Crippen LogP contribution < -0.4 is 10.3 Å². The van der Waals surface area contributed by atoms with Crippen molar-refractivity contribution in [2.75, 3.05) is 5.32 Å². The van der Waals surface area contributed by atoms with E-state index >= 15 is 0 Å². The lowest BCUT2D eigenvalue weighted by Crippen LogP contribution is -2.25. The second-order valence-electron chi connectivity index (χ2n) is 3.42. The van der Waals surface area contributed by atoms with Crippen LogP contribution in [-0.2, 0) is 9.13 Å². The molecule has 0 saturated carbocycles.